The first-order chi connectivity index (χ1) is 9.70. The number of hydrogen-bond acceptors (Lipinski definition) is 4. The van der Waals surface area contributed by atoms with E-state index in [4.69, 9.17) is 10.00 Å². The first kappa shape index (κ1) is 15.1. The fraction of sp³-hybridized carbons (Fsp3) is 0.500. The van der Waals surface area contributed by atoms with Crippen LogP contribution in [0.3, 0.4) is 0 Å². The van der Waals surface area contributed by atoms with E-state index < -0.39 is 11.6 Å². The maximum absolute atomic E-state index is 13.4. The molecule has 3 nitrogen and oxygen atoms in total. The largest absolute Gasteiger partial charge is 0.492 e. The minimum absolute atomic E-state index is 0.0146. The topological polar surface area (TPSA) is 36.3 Å². The van der Waals surface area contributed by atoms with Crippen molar-refractivity contribution < 1.29 is 13.5 Å². The summed E-state index contributed by atoms with van der Waals surface area (Å²) in [7, 11) is 0. The Kier molecular flexibility index (Phi) is 5.62. The monoisotopic (exact) mass is 298 g/mol. The fourth-order valence-corrected chi connectivity index (χ4v) is 3.05. The molecule has 1 heterocycles. The maximum atomic E-state index is 13.4. The molecule has 0 aliphatic carbocycles. The number of nitriles is 1. The molecule has 1 aromatic rings. The molecule has 0 atom stereocenters. The van der Waals surface area contributed by atoms with E-state index >= 15 is 0 Å². The van der Waals surface area contributed by atoms with Crippen molar-refractivity contribution in [2.45, 2.75) is 6.42 Å². The van der Waals surface area contributed by atoms with E-state index in [2.05, 4.69) is 4.90 Å². The van der Waals surface area contributed by atoms with E-state index in [0.29, 0.717) is 12.7 Å². The molecule has 1 aliphatic heterocycles. The molecule has 0 bridgehead atoms. The first-order valence-electron chi connectivity index (χ1n) is 6.53. The van der Waals surface area contributed by atoms with Crippen LogP contribution in [0.5, 0.6) is 5.75 Å². The number of halogens is 2. The van der Waals surface area contributed by atoms with Gasteiger partial charge in [0, 0.05) is 43.3 Å². The summed E-state index contributed by atoms with van der Waals surface area (Å²) < 4.78 is 31.8. The molecule has 20 heavy (non-hydrogen) atoms. The second-order valence-electron chi connectivity index (χ2n) is 4.53. The van der Waals surface area contributed by atoms with E-state index in [1.807, 2.05) is 11.8 Å². The van der Waals surface area contributed by atoms with Gasteiger partial charge in [0.05, 0.1) is 6.61 Å². The van der Waals surface area contributed by atoms with Gasteiger partial charge in [0.25, 0.3) is 0 Å². The lowest BCUT2D eigenvalue weighted by atomic mass is 10.2. The molecule has 108 valence electrons. The van der Waals surface area contributed by atoms with Gasteiger partial charge in [0.2, 0.25) is 0 Å². The molecule has 1 aliphatic rings. The summed E-state index contributed by atoms with van der Waals surface area (Å²) in [6.07, 6.45) is 0.771. The van der Waals surface area contributed by atoms with Crippen LogP contribution in [0.1, 0.15) is 12.0 Å². The van der Waals surface area contributed by atoms with Crippen LogP contribution in [0, 0.1) is 23.0 Å². The third-order valence-electron chi connectivity index (χ3n) is 3.11. The van der Waals surface area contributed by atoms with Crippen molar-refractivity contribution in [1.29, 1.82) is 5.26 Å². The van der Waals surface area contributed by atoms with Gasteiger partial charge < -0.3 is 9.64 Å². The van der Waals surface area contributed by atoms with Gasteiger partial charge in [-0.3, -0.25) is 0 Å². The second kappa shape index (κ2) is 7.46. The third-order valence-corrected chi connectivity index (χ3v) is 4.05. The van der Waals surface area contributed by atoms with Gasteiger partial charge in [0.15, 0.2) is 0 Å². The van der Waals surface area contributed by atoms with Gasteiger partial charge in [0.1, 0.15) is 29.0 Å². The lowest BCUT2D eigenvalue weighted by molar-refractivity contribution is 0.247. The maximum Gasteiger partial charge on any atom is 0.147 e. The molecule has 1 fully saturated rings. The van der Waals surface area contributed by atoms with Gasteiger partial charge in [-0.15, -0.1) is 0 Å². The highest BCUT2D eigenvalue weighted by Gasteiger charge is 2.13. The van der Waals surface area contributed by atoms with Gasteiger partial charge in [-0.2, -0.15) is 17.0 Å². The van der Waals surface area contributed by atoms with E-state index in [1.165, 1.54) is 0 Å². The summed E-state index contributed by atoms with van der Waals surface area (Å²) in [6.45, 7) is 3.40. The molecule has 0 saturated carbocycles. The Morgan fingerprint density at radius 3 is 2.75 bits per heavy atom. The summed E-state index contributed by atoms with van der Waals surface area (Å²) in [5, 5.41) is 8.85. The number of benzene rings is 1. The summed E-state index contributed by atoms with van der Waals surface area (Å²) in [4.78, 5) is 2.34. The summed E-state index contributed by atoms with van der Waals surface area (Å²) >= 11 is 1.95. The summed E-state index contributed by atoms with van der Waals surface area (Å²) in [5.74, 6) is 0.669. The zero-order valence-corrected chi connectivity index (χ0v) is 11.9. The average Bonchev–Trinajstić information content (AvgIpc) is 2.44. The van der Waals surface area contributed by atoms with Crippen LogP contribution in [0.25, 0.3) is 0 Å². The number of thioether (sulfide) groups is 1. The third kappa shape index (κ3) is 4.09. The summed E-state index contributed by atoms with van der Waals surface area (Å²) in [5.41, 5.74) is -0.235. The first-order valence-corrected chi connectivity index (χ1v) is 7.68. The number of nitrogens with zero attached hydrogens (tertiary/aromatic N) is 2. The van der Waals surface area contributed by atoms with E-state index in [1.54, 1.807) is 6.07 Å². The van der Waals surface area contributed by atoms with Gasteiger partial charge in [-0.25, -0.2) is 8.78 Å². The smallest absolute Gasteiger partial charge is 0.147 e. The Morgan fingerprint density at radius 2 is 2.05 bits per heavy atom. The molecule has 6 heteroatoms. The zero-order valence-electron chi connectivity index (χ0n) is 11.1. The number of ether oxygens (including phenoxy) is 1. The Morgan fingerprint density at radius 1 is 1.30 bits per heavy atom. The second-order valence-corrected chi connectivity index (χ2v) is 5.75. The van der Waals surface area contributed by atoms with Gasteiger partial charge in [-0.1, -0.05) is 0 Å². The van der Waals surface area contributed by atoms with E-state index in [0.717, 1.165) is 43.6 Å². The lowest BCUT2D eigenvalue weighted by Crippen LogP contribution is -2.33. The van der Waals surface area contributed by atoms with Crippen LogP contribution < -0.4 is 4.74 Å². The molecular weight excluding hydrogens is 282 g/mol. The minimum atomic E-state index is -0.879. The molecule has 0 unspecified atom stereocenters. The van der Waals surface area contributed by atoms with Crippen molar-refractivity contribution in [3.63, 3.8) is 0 Å². The SMILES string of the molecule is N#Cc1c(F)cc(F)cc1OCCCN1CCSCC1. The molecule has 0 N–H and O–H groups in total. The normalized spacial score (nSPS) is 15.8. The Labute approximate surface area is 121 Å². The average molecular weight is 298 g/mol. The van der Waals surface area contributed by atoms with Crippen molar-refractivity contribution in [3.05, 3.63) is 29.3 Å². The Bertz CT molecular complexity index is 499. The molecule has 0 aromatic heterocycles. The van der Waals surface area contributed by atoms with Crippen LogP contribution in [0.2, 0.25) is 0 Å². The van der Waals surface area contributed by atoms with Crippen LogP contribution in [0.15, 0.2) is 12.1 Å². The Hall–Kier alpha value is -1.32. The summed E-state index contributed by atoms with van der Waals surface area (Å²) in [6, 6.07) is 3.45. The fourth-order valence-electron chi connectivity index (χ4n) is 2.07. The zero-order chi connectivity index (χ0) is 14.4. The molecule has 1 saturated heterocycles. The molecule has 1 aromatic carbocycles. The van der Waals surface area contributed by atoms with Crippen molar-refractivity contribution in [2.75, 3.05) is 37.7 Å². The van der Waals surface area contributed by atoms with Crippen molar-refractivity contribution >= 4 is 11.8 Å². The standard InChI is InChI=1S/C14H16F2N2OS/c15-11-8-13(16)12(10-17)14(9-11)19-5-1-2-18-3-6-20-7-4-18/h8-9H,1-7H2. The Balaban J connectivity index is 1.83. The predicted octanol–water partition coefficient (Wildman–Crippen LogP) is 2.65. The highest BCUT2D eigenvalue weighted by molar-refractivity contribution is 7.99. The number of rotatable bonds is 5. The van der Waals surface area contributed by atoms with Gasteiger partial charge >= 0.3 is 0 Å². The van der Waals surface area contributed by atoms with Crippen LogP contribution >= 0.6 is 11.8 Å². The molecule has 0 radical (unpaired) electrons. The van der Waals surface area contributed by atoms with Crippen LogP contribution in [-0.4, -0.2) is 42.6 Å². The molecule has 0 spiro atoms. The van der Waals surface area contributed by atoms with E-state index in [9.17, 15) is 8.78 Å². The highest BCUT2D eigenvalue weighted by Crippen LogP contribution is 2.22. The molecule has 0 amide bonds. The lowest BCUT2D eigenvalue weighted by Gasteiger charge is -2.25. The van der Waals surface area contributed by atoms with Crippen LogP contribution in [-0.2, 0) is 0 Å². The number of hydrogen-bond donors (Lipinski definition) is 0. The van der Waals surface area contributed by atoms with Gasteiger partial charge in [-0.05, 0) is 6.42 Å². The predicted molar refractivity (Wildman–Crippen MR) is 75.0 cm³/mol. The van der Waals surface area contributed by atoms with Crippen molar-refractivity contribution in [3.8, 4) is 11.8 Å². The molecule has 2 rings (SSSR count). The van der Waals surface area contributed by atoms with Crippen LogP contribution in [0.4, 0.5) is 8.78 Å². The quantitative estimate of drug-likeness (QED) is 0.783. The highest BCUT2D eigenvalue weighted by atomic mass is 32.2. The minimum Gasteiger partial charge on any atom is -0.492 e. The molecular formula is C14H16F2N2OS. The van der Waals surface area contributed by atoms with E-state index in [-0.39, 0.29) is 11.3 Å². The van der Waals surface area contributed by atoms with Crippen molar-refractivity contribution in [2.24, 2.45) is 0 Å². The van der Waals surface area contributed by atoms with Crippen molar-refractivity contribution in [1.82, 2.24) is 4.90 Å².